The van der Waals surface area contributed by atoms with Crippen LogP contribution in [-0.4, -0.2) is 34.4 Å². The minimum absolute atomic E-state index is 0.126. The Kier molecular flexibility index (Phi) is 6.26. The van der Waals surface area contributed by atoms with E-state index < -0.39 is 0 Å². The van der Waals surface area contributed by atoms with Crippen LogP contribution in [-0.2, 0) is 9.59 Å². The number of benzene rings is 2. The molecule has 0 radical (unpaired) electrons. The number of carbonyl (C=O) groups excluding carboxylic acids is 2. The molecule has 2 heterocycles. The molecular weight excluding hydrogens is 444 g/mol. The summed E-state index contributed by atoms with van der Waals surface area (Å²) in [5.41, 5.74) is 1.52. The van der Waals surface area contributed by atoms with Gasteiger partial charge in [-0.3, -0.25) is 14.5 Å². The van der Waals surface area contributed by atoms with Crippen LogP contribution < -0.4 is 14.8 Å². The van der Waals surface area contributed by atoms with Gasteiger partial charge < -0.3 is 14.8 Å². The van der Waals surface area contributed by atoms with Crippen molar-refractivity contribution in [3.05, 3.63) is 58.0 Å². The van der Waals surface area contributed by atoms with Crippen LogP contribution in [0.25, 0.3) is 6.08 Å². The lowest BCUT2D eigenvalue weighted by molar-refractivity contribution is -0.122. The van der Waals surface area contributed by atoms with E-state index in [0.717, 1.165) is 5.56 Å². The van der Waals surface area contributed by atoms with E-state index in [2.05, 4.69) is 5.32 Å². The van der Waals surface area contributed by atoms with E-state index in [4.69, 9.17) is 33.3 Å². The molecule has 0 unspecified atom stereocenters. The Morgan fingerprint density at radius 3 is 2.77 bits per heavy atom. The highest BCUT2D eigenvalue weighted by molar-refractivity contribution is 8.26. The monoisotopic (exact) mass is 460 g/mol. The van der Waals surface area contributed by atoms with Crippen molar-refractivity contribution in [2.24, 2.45) is 0 Å². The zero-order chi connectivity index (χ0) is 21.1. The minimum atomic E-state index is -0.152. The van der Waals surface area contributed by atoms with Gasteiger partial charge in [-0.15, -0.1) is 0 Å². The summed E-state index contributed by atoms with van der Waals surface area (Å²) in [6.45, 7) is 0.587. The zero-order valence-corrected chi connectivity index (χ0v) is 18.1. The lowest BCUT2D eigenvalue weighted by Crippen LogP contribution is -2.29. The van der Waals surface area contributed by atoms with Crippen LogP contribution in [0.5, 0.6) is 11.5 Å². The molecule has 9 heteroatoms. The Morgan fingerprint density at radius 1 is 1.20 bits per heavy atom. The van der Waals surface area contributed by atoms with Gasteiger partial charge in [0.2, 0.25) is 12.7 Å². The van der Waals surface area contributed by atoms with Crippen LogP contribution in [0.1, 0.15) is 18.4 Å². The van der Waals surface area contributed by atoms with Crippen molar-refractivity contribution in [1.82, 2.24) is 4.90 Å². The van der Waals surface area contributed by atoms with Crippen LogP contribution >= 0.6 is 35.6 Å². The number of thiocarbonyl (C=S) groups is 1. The first-order valence-corrected chi connectivity index (χ1v) is 10.8. The quantitative estimate of drug-likeness (QED) is 0.498. The fourth-order valence-electron chi connectivity index (χ4n) is 3.00. The summed E-state index contributed by atoms with van der Waals surface area (Å²) in [5, 5.41) is 3.41. The lowest BCUT2D eigenvalue weighted by Gasteiger charge is -2.14. The van der Waals surface area contributed by atoms with Gasteiger partial charge >= 0.3 is 0 Å². The molecule has 1 saturated heterocycles. The zero-order valence-electron chi connectivity index (χ0n) is 15.7. The summed E-state index contributed by atoms with van der Waals surface area (Å²) < 4.78 is 11.2. The molecular formula is C21H17ClN2O4S2. The van der Waals surface area contributed by atoms with Crippen molar-refractivity contribution in [1.29, 1.82) is 0 Å². The Bertz CT molecular complexity index is 1040. The first kappa shape index (κ1) is 20.7. The van der Waals surface area contributed by atoms with Gasteiger partial charge in [-0.1, -0.05) is 41.6 Å². The molecule has 0 saturated carbocycles. The molecule has 0 aromatic heterocycles. The molecule has 1 fully saturated rings. The van der Waals surface area contributed by atoms with E-state index in [1.807, 2.05) is 18.2 Å². The number of carbonyl (C=O) groups is 2. The van der Waals surface area contributed by atoms with Crippen molar-refractivity contribution >= 4 is 63.5 Å². The van der Waals surface area contributed by atoms with Gasteiger partial charge in [0.05, 0.1) is 4.91 Å². The molecule has 0 bridgehead atoms. The van der Waals surface area contributed by atoms with Crippen molar-refractivity contribution in [2.75, 3.05) is 18.7 Å². The van der Waals surface area contributed by atoms with Gasteiger partial charge in [-0.25, -0.2) is 0 Å². The maximum absolute atomic E-state index is 12.7. The summed E-state index contributed by atoms with van der Waals surface area (Å²) in [5.74, 6) is 1.07. The van der Waals surface area contributed by atoms with E-state index in [1.54, 1.807) is 30.3 Å². The Morgan fingerprint density at radius 2 is 1.97 bits per heavy atom. The third-order valence-corrected chi connectivity index (χ3v) is 6.11. The number of hydrogen-bond donors (Lipinski definition) is 1. The highest BCUT2D eigenvalue weighted by Gasteiger charge is 2.31. The second kappa shape index (κ2) is 9.07. The number of amides is 2. The van der Waals surface area contributed by atoms with Crippen LogP contribution in [0.2, 0.25) is 5.02 Å². The highest BCUT2D eigenvalue weighted by Crippen LogP contribution is 2.36. The maximum Gasteiger partial charge on any atom is 0.266 e. The maximum atomic E-state index is 12.7. The Balaban J connectivity index is 1.32. The SMILES string of the molecule is O=C(CCCN1C(=O)/C(=C/c2ccc3c(c2)OCO3)SC1=S)Nc1ccc(Cl)cc1. The van der Waals surface area contributed by atoms with Crippen LogP contribution in [0.3, 0.4) is 0 Å². The molecule has 2 aliphatic rings. The molecule has 6 nitrogen and oxygen atoms in total. The summed E-state index contributed by atoms with van der Waals surface area (Å²) in [7, 11) is 0. The number of nitrogens with one attached hydrogen (secondary N) is 1. The minimum Gasteiger partial charge on any atom is -0.454 e. The summed E-state index contributed by atoms with van der Waals surface area (Å²) in [6.07, 6.45) is 2.57. The normalized spacial score (nSPS) is 16.4. The van der Waals surface area contributed by atoms with Crippen LogP contribution in [0, 0.1) is 0 Å². The third kappa shape index (κ3) is 4.77. The number of anilines is 1. The predicted octanol–water partition coefficient (Wildman–Crippen LogP) is 4.69. The second-order valence-corrected chi connectivity index (χ2v) is 8.72. The highest BCUT2D eigenvalue weighted by atomic mass is 35.5. The number of ether oxygens (including phenoxy) is 2. The number of halogens is 1. The average molecular weight is 461 g/mol. The van der Waals surface area contributed by atoms with Gasteiger partial charge in [0.15, 0.2) is 11.5 Å². The lowest BCUT2D eigenvalue weighted by atomic mass is 10.2. The van der Waals surface area contributed by atoms with Crippen molar-refractivity contribution in [3.8, 4) is 11.5 Å². The molecule has 30 heavy (non-hydrogen) atoms. The predicted molar refractivity (Wildman–Crippen MR) is 122 cm³/mol. The van der Waals surface area contributed by atoms with E-state index in [0.29, 0.717) is 44.4 Å². The first-order valence-electron chi connectivity index (χ1n) is 9.20. The molecule has 2 amide bonds. The second-order valence-electron chi connectivity index (χ2n) is 6.60. The summed E-state index contributed by atoms with van der Waals surface area (Å²) in [6, 6.07) is 12.4. The molecule has 0 aliphatic carbocycles. The van der Waals surface area contributed by atoms with E-state index in [1.165, 1.54) is 16.7 Å². The van der Waals surface area contributed by atoms with Crippen molar-refractivity contribution in [2.45, 2.75) is 12.8 Å². The molecule has 2 aromatic carbocycles. The fourth-order valence-corrected chi connectivity index (χ4v) is 4.44. The average Bonchev–Trinajstić information content (AvgIpc) is 3.29. The molecule has 0 atom stereocenters. The molecule has 0 spiro atoms. The third-order valence-electron chi connectivity index (χ3n) is 4.48. The van der Waals surface area contributed by atoms with Crippen LogP contribution in [0.4, 0.5) is 5.69 Å². The Hall–Kier alpha value is -2.55. The number of thioether (sulfide) groups is 1. The molecule has 4 rings (SSSR count). The van der Waals surface area contributed by atoms with Gasteiger partial charge in [-0.2, -0.15) is 0 Å². The molecule has 154 valence electrons. The van der Waals surface area contributed by atoms with Gasteiger partial charge in [0, 0.05) is 23.7 Å². The topological polar surface area (TPSA) is 67.9 Å². The Labute approximate surface area is 188 Å². The molecule has 2 aliphatic heterocycles. The summed E-state index contributed by atoms with van der Waals surface area (Å²) in [4.78, 5) is 26.9. The smallest absolute Gasteiger partial charge is 0.266 e. The molecule has 1 N–H and O–H groups in total. The largest absolute Gasteiger partial charge is 0.454 e. The van der Waals surface area contributed by atoms with E-state index in [9.17, 15) is 9.59 Å². The first-order chi connectivity index (χ1) is 14.5. The number of fused-ring (bicyclic) bond motifs is 1. The van der Waals surface area contributed by atoms with Crippen molar-refractivity contribution < 1.29 is 19.1 Å². The molecule has 2 aromatic rings. The van der Waals surface area contributed by atoms with E-state index >= 15 is 0 Å². The van der Waals surface area contributed by atoms with E-state index in [-0.39, 0.29) is 25.0 Å². The number of hydrogen-bond acceptors (Lipinski definition) is 6. The van der Waals surface area contributed by atoms with Gasteiger partial charge in [-0.05, 0) is 54.5 Å². The van der Waals surface area contributed by atoms with Gasteiger partial charge in [0.25, 0.3) is 5.91 Å². The van der Waals surface area contributed by atoms with Gasteiger partial charge in [0.1, 0.15) is 4.32 Å². The van der Waals surface area contributed by atoms with Crippen LogP contribution in [0.15, 0.2) is 47.4 Å². The number of nitrogens with zero attached hydrogens (tertiary/aromatic N) is 1. The summed E-state index contributed by atoms with van der Waals surface area (Å²) >= 11 is 12.5. The fraction of sp³-hybridized carbons (Fsp3) is 0.190. The standard InChI is InChI=1S/C21H17ClN2O4S2/c22-14-4-6-15(7-5-14)23-19(25)2-1-9-24-20(26)18(30-21(24)29)11-13-3-8-16-17(10-13)28-12-27-16/h3-8,10-11H,1-2,9,12H2,(H,23,25)/b18-11-. The number of rotatable bonds is 6. The van der Waals surface area contributed by atoms with Crippen molar-refractivity contribution in [3.63, 3.8) is 0 Å².